The molecule has 0 aromatic heterocycles. The van der Waals surface area contributed by atoms with Crippen LogP contribution in [-0.2, 0) is 5.60 Å². The summed E-state index contributed by atoms with van der Waals surface area (Å²) in [6.45, 7) is 0. The van der Waals surface area contributed by atoms with E-state index in [1.807, 2.05) is 72.8 Å². The zero-order valence-corrected chi connectivity index (χ0v) is 15.7. The van der Waals surface area contributed by atoms with E-state index in [4.69, 9.17) is 9.47 Å². The lowest BCUT2D eigenvalue weighted by Gasteiger charge is -2.30. The first kappa shape index (κ1) is 17.5. The zero-order chi connectivity index (χ0) is 17.9. The standard InChI is InChI=1S/C21H19BrO3/c1-24-19-7-3-5-16(13-19)21(23,15-9-11-18(22)12-10-15)17-6-4-8-20(14-17)25-2/h3-14,23H,1-2H3. The highest BCUT2D eigenvalue weighted by molar-refractivity contribution is 9.10. The van der Waals surface area contributed by atoms with Gasteiger partial charge in [-0.05, 0) is 53.1 Å². The van der Waals surface area contributed by atoms with Crippen LogP contribution in [0.15, 0.2) is 77.3 Å². The van der Waals surface area contributed by atoms with Crippen molar-refractivity contribution in [1.29, 1.82) is 0 Å². The van der Waals surface area contributed by atoms with Gasteiger partial charge in [-0.2, -0.15) is 0 Å². The fraction of sp³-hybridized carbons (Fsp3) is 0.143. The Labute approximate surface area is 156 Å². The Balaban J connectivity index is 2.24. The summed E-state index contributed by atoms with van der Waals surface area (Å²) in [6, 6.07) is 22.6. The molecular weight excluding hydrogens is 380 g/mol. The molecule has 0 aliphatic heterocycles. The summed E-state index contributed by atoms with van der Waals surface area (Å²) < 4.78 is 11.6. The highest BCUT2D eigenvalue weighted by Gasteiger charge is 2.34. The minimum Gasteiger partial charge on any atom is -0.497 e. The van der Waals surface area contributed by atoms with Crippen molar-refractivity contribution in [3.05, 3.63) is 94.0 Å². The highest BCUT2D eigenvalue weighted by atomic mass is 79.9. The third kappa shape index (κ3) is 3.41. The first-order valence-electron chi connectivity index (χ1n) is 7.85. The van der Waals surface area contributed by atoms with Crippen LogP contribution in [0.1, 0.15) is 16.7 Å². The summed E-state index contributed by atoms with van der Waals surface area (Å²) in [5.41, 5.74) is 0.881. The second-order valence-electron chi connectivity index (χ2n) is 5.68. The Hall–Kier alpha value is -2.30. The lowest BCUT2D eigenvalue weighted by Crippen LogP contribution is -2.28. The molecule has 0 saturated heterocycles. The number of rotatable bonds is 5. The van der Waals surface area contributed by atoms with E-state index in [9.17, 15) is 5.11 Å². The summed E-state index contributed by atoms with van der Waals surface area (Å²) in [5.74, 6) is 1.38. The van der Waals surface area contributed by atoms with E-state index in [1.54, 1.807) is 14.2 Å². The molecule has 0 bridgehead atoms. The van der Waals surface area contributed by atoms with Crippen molar-refractivity contribution in [2.75, 3.05) is 14.2 Å². The fourth-order valence-electron chi connectivity index (χ4n) is 2.89. The van der Waals surface area contributed by atoms with Gasteiger partial charge in [0.05, 0.1) is 14.2 Å². The number of halogens is 1. The van der Waals surface area contributed by atoms with Gasteiger partial charge in [0.1, 0.15) is 17.1 Å². The first-order valence-corrected chi connectivity index (χ1v) is 8.64. The number of benzene rings is 3. The van der Waals surface area contributed by atoms with Gasteiger partial charge in [0.15, 0.2) is 0 Å². The summed E-state index contributed by atoms with van der Waals surface area (Å²) in [7, 11) is 3.23. The second-order valence-corrected chi connectivity index (χ2v) is 6.60. The summed E-state index contributed by atoms with van der Waals surface area (Å²) >= 11 is 3.45. The van der Waals surface area contributed by atoms with Crippen LogP contribution in [0.25, 0.3) is 0 Å². The molecule has 3 nitrogen and oxygen atoms in total. The van der Waals surface area contributed by atoms with Crippen molar-refractivity contribution in [3.8, 4) is 11.5 Å². The molecule has 0 atom stereocenters. The third-order valence-electron chi connectivity index (χ3n) is 4.24. The van der Waals surface area contributed by atoms with Crippen LogP contribution >= 0.6 is 15.9 Å². The average Bonchev–Trinajstić information content (AvgIpc) is 2.68. The molecule has 0 unspecified atom stereocenters. The monoisotopic (exact) mass is 398 g/mol. The van der Waals surface area contributed by atoms with Crippen LogP contribution in [0.2, 0.25) is 0 Å². The molecule has 4 heteroatoms. The topological polar surface area (TPSA) is 38.7 Å². The lowest BCUT2D eigenvalue weighted by atomic mass is 9.80. The number of hydrogen-bond donors (Lipinski definition) is 1. The van der Waals surface area contributed by atoms with E-state index in [0.717, 1.165) is 21.2 Å². The van der Waals surface area contributed by atoms with Gasteiger partial charge < -0.3 is 14.6 Å². The van der Waals surface area contributed by atoms with E-state index in [-0.39, 0.29) is 0 Å². The van der Waals surface area contributed by atoms with Crippen molar-refractivity contribution in [2.24, 2.45) is 0 Å². The van der Waals surface area contributed by atoms with Crippen LogP contribution in [0.3, 0.4) is 0 Å². The summed E-state index contributed by atoms with van der Waals surface area (Å²) in [5, 5.41) is 11.8. The van der Waals surface area contributed by atoms with Gasteiger partial charge in [0.25, 0.3) is 0 Å². The summed E-state index contributed by atoms with van der Waals surface area (Å²) in [6.07, 6.45) is 0. The molecule has 1 N–H and O–H groups in total. The SMILES string of the molecule is COc1cccc(C(O)(c2ccc(Br)cc2)c2cccc(OC)c2)c1. The number of aliphatic hydroxyl groups is 1. The largest absolute Gasteiger partial charge is 0.497 e. The highest BCUT2D eigenvalue weighted by Crippen LogP contribution is 2.39. The molecule has 0 aliphatic carbocycles. The minimum absolute atomic E-state index is 0.691. The molecular formula is C21H19BrO3. The van der Waals surface area contributed by atoms with Crippen LogP contribution in [0.5, 0.6) is 11.5 Å². The van der Waals surface area contributed by atoms with Gasteiger partial charge in [-0.15, -0.1) is 0 Å². The van der Waals surface area contributed by atoms with Crippen LogP contribution in [-0.4, -0.2) is 19.3 Å². The van der Waals surface area contributed by atoms with Gasteiger partial charge in [-0.3, -0.25) is 0 Å². The van der Waals surface area contributed by atoms with Crippen molar-refractivity contribution in [1.82, 2.24) is 0 Å². The zero-order valence-electron chi connectivity index (χ0n) is 14.1. The van der Waals surface area contributed by atoms with E-state index < -0.39 is 5.60 Å². The van der Waals surface area contributed by atoms with Crippen molar-refractivity contribution >= 4 is 15.9 Å². The Morgan fingerprint density at radius 3 is 1.64 bits per heavy atom. The normalized spacial score (nSPS) is 11.2. The van der Waals surface area contributed by atoms with Crippen LogP contribution in [0.4, 0.5) is 0 Å². The Morgan fingerprint density at radius 1 is 0.720 bits per heavy atom. The molecule has 0 saturated carbocycles. The molecule has 0 radical (unpaired) electrons. The van der Waals surface area contributed by atoms with Gasteiger partial charge in [-0.25, -0.2) is 0 Å². The molecule has 0 amide bonds. The first-order chi connectivity index (χ1) is 12.1. The molecule has 3 rings (SSSR count). The molecule has 0 spiro atoms. The molecule has 128 valence electrons. The molecule has 0 heterocycles. The molecule has 25 heavy (non-hydrogen) atoms. The van der Waals surface area contributed by atoms with Crippen molar-refractivity contribution in [2.45, 2.75) is 5.60 Å². The van der Waals surface area contributed by atoms with Crippen LogP contribution in [0, 0.1) is 0 Å². The smallest absolute Gasteiger partial charge is 0.140 e. The maximum absolute atomic E-state index is 11.8. The summed E-state index contributed by atoms with van der Waals surface area (Å²) in [4.78, 5) is 0. The quantitative estimate of drug-likeness (QED) is 0.630. The van der Waals surface area contributed by atoms with Gasteiger partial charge in [0.2, 0.25) is 0 Å². The van der Waals surface area contributed by atoms with Crippen molar-refractivity contribution in [3.63, 3.8) is 0 Å². The molecule has 3 aromatic rings. The predicted octanol–water partition coefficient (Wildman–Crippen LogP) is 4.75. The predicted molar refractivity (Wildman–Crippen MR) is 102 cm³/mol. The Morgan fingerprint density at radius 2 is 1.20 bits per heavy atom. The van der Waals surface area contributed by atoms with E-state index >= 15 is 0 Å². The second kappa shape index (κ2) is 7.30. The average molecular weight is 399 g/mol. The van der Waals surface area contributed by atoms with E-state index in [2.05, 4.69) is 15.9 Å². The number of methoxy groups -OCH3 is 2. The van der Waals surface area contributed by atoms with Gasteiger partial charge in [0, 0.05) is 4.47 Å². The molecule has 0 aliphatic rings. The Kier molecular flexibility index (Phi) is 5.11. The van der Waals surface area contributed by atoms with Gasteiger partial charge in [-0.1, -0.05) is 52.3 Å². The molecule has 0 fully saturated rings. The Bertz CT molecular complexity index is 812. The number of hydrogen-bond acceptors (Lipinski definition) is 3. The minimum atomic E-state index is -1.33. The van der Waals surface area contributed by atoms with Gasteiger partial charge >= 0.3 is 0 Å². The maximum atomic E-state index is 11.8. The molecule has 3 aromatic carbocycles. The van der Waals surface area contributed by atoms with E-state index in [1.165, 1.54) is 0 Å². The lowest BCUT2D eigenvalue weighted by molar-refractivity contribution is 0.125. The van der Waals surface area contributed by atoms with Crippen molar-refractivity contribution < 1.29 is 14.6 Å². The third-order valence-corrected chi connectivity index (χ3v) is 4.77. The van der Waals surface area contributed by atoms with Crippen LogP contribution < -0.4 is 9.47 Å². The fourth-order valence-corrected chi connectivity index (χ4v) is 3.15. The maximum Gasteiger partial charge on any atom is 0.140 e. The van der Waals surface area contributed by atoms with E-state index in [0.29, 0.717) is 11.5 Å². The number of ether oxygens (including phenoxy) is 2.